The SMILES string of the molecule is CCOCC(C)OCC(C)OC(=O)c1ccc(C(=O)O)cc1C(=O)OC(C)COC(C)COCC. The van der Waals surface area contributed by atoms with Crippen LogP contribution in [0.15, 0.2) is 18.2 Å². The van der Waals surface area contributed by atoms with Gasteiger partial charge in [0, 0.05) is 13.2 Å². The highest BCUT2D eigenvalue weighted by molar-refractivity contribution is 6.05. The summed E-state index contributed by atoms with van der Waals surface area (Å²) in [5, 5.41) is 9.32. The zero-order chi connectivity index (χ0) is 26.4. The molecule has 0 aromatic heterocycles. The third-order valence-electron chi connectivity index (χ3n) is 4.67. The van der Waals surface area contributed by atoms with E-state index < -0.39 is 30.1 Å². The largest absolute Gasteiger partial charge is 0.478 e. The first-order valence-corrected chi connectivity index (χ1v) is 11.8. The van der Waals surface area contributed by atoms with E-state index in [1.54, 1.807) is 13.8 Å². The molecule has 0 radical (unpaired) electrons. The summed E-state index contributed by atoms with van der Waals surface area (Å²) in [6, 6.07) is 3.56. The molecule has 0 amide bonds. The number of carbonyl (C=O) groups excluding carboxylic acids is 2. The summed E-state index contributed by atoms with van der Waals surface area (Å²) in [6.45, 7) is 12.9. The summed E-state index contributed by atoms with van der Waals surface area (Å²) >= 11 is 0. The van der Waals surface area contributed by atoms with E-state index in [2.05, 4.69) is 0 Å². The van der Waals surface area contributed by atoms with Gasteiger partial charge in [-0.1, -0.05) is 0 Å². The molecule has 1 aromatic rings. The minimum atomic E-state index is -1.25. The number of carboxylic acids is 1. The lowest BCUT2D eigenvalue weighted by Crippen LogP contribution is -2.28. The van der Waals surface area contributed by atoms with Gasteiger partial charge in [0.05, 0.1) is 55.3 Å². The third kappa shape index (κ3) is 11.6. The second-order valence-electron chi connectivity index (χ2n) is 8.10. The first kappa shape index (κ1) is 30.5. The van der Waals surface area contributed by atoms with Crippen molar-refractivity contribution in [2.75, 3.05) is 39.6 Å². The highest BCUT2D eigenvalue weighted by Gasteiger charge is 2.25. The van der Waals surface area contributed by atoms with Gasteiger partial charge in [0.1, 0.15) is 12.2 Å². The third-order valence-corrected chi connectivity index (χ3v) is 4.67. The second kappa shape index (κ2) is 16.2. The van der Waals surface area contributed by atoms with Crippen LogP contribution in [0.5, 0.6) is 0 Å². The van der Waals surface area contributed by atoms with Crippen molar-refractivity contribution < 1.29 is 47.9 Å². The molecule has 0 fully saturated rings. The molecule has 10 heteroatoms. The van der Waals surface area contributed by atoms with Crippen LogP contribution in [0, 0.1) is 0 Å². The van der Waals surface area contributed by atoms with Crippen LogP contribution < -0.4 is 0 Å². The molecule has 35 heavy (non-hydrogen) atoms. The molecule has 0 aliphatic rings. The predicted octanol–water partition coefficient (Wildman–Crippen LogP) is 3.36. The fourth-order valence-electron chi connectivity index (χ4n) is 2.85. The van der Waals surface area contributed by atoms with E-state index >= 15 is 0 Å². The summed E-state index contributed by atoms with van der Waals surface area (Å²) in [5.74, 6) is -2.90. The molecule has 4 atom stereocenters. The Bertz CT molecular complexity index is 809. The van der Waals surface area contributed by atoms with Crippen molar-refractivity contribution >= 4 is 17.9 Å². The zero-order valence-electron chi connectivity index (χ0n) is 21.4. The zero-order valence-corrected chi connectivity index (χ0v) is 21.4. The molecule has 0 heterocycles. The molecule has 4 unspecified atom stereocenters. The molecule has 0 aliphatic carbocycles. The molecule has 1 rings (SSSR count). The predicted molar refractivity (Wildman–Crippen MR) is 127 cm³/mol. The molecule has 0 saturated heterocycles. The molecular formula is C25H38O10. The number of rotatable bonds is 17. The molecule has 198 valence electrons. The van der Waals surface area contributed by atoms with Crippen LogP contribution in [0.25, 0.3) is 0 Å². The Morgan fingerprint density at radius 1 is 0.714 bits per heavy atom. The minimum Gasteiger partial charge on any atom is -0.478 e. The van der Waals surface area contributed by atoms with Crippen LogP contribution >= 0.6 is 0 Å². The molecule has 1 N–H and O–H groups in total. The average molecular weight is 499 g/mol. The number of benzene rings is 1. The summed E-state index contributed by atoms with van der Waals surface area (Å²) < 4.78 is 32.6. The molecular weight excluding hydrogens is 460 g/mol. The van der Waals surface area contributed by atoms with Crippen molar-refractivity contribution in [2.24, 2.45) is 0 Å². The number of hydrogen-bond donors (Lipinski definition) is 1. The van der Waals surface area contributed by atoms with Gasteiger partial charge in [-0.2, -0.15) is 0 Å². The first-order valence-electron chi connectivity index (χ1n) is 11.8. The molecule has 0 bridgehead atoms. The molecule has 0 aliphatic heterocycles. The van der Waals surface area contributed by atoms with Gasteiger partial charge in [-0.25, -0.2) is 14.4 Å². The number of aromatic carboxylic acids is 1. The van der Waals surface area contributed by atoms with Crippen molar-refractivity contribution in [1.82, 2.24) is 0 Å². The Hall–Kier alpha value is -2.53. The fraction of sp³-hybridized carbons (Fsp3) is 0.640. The summed E-state index contributed by atoms with van der Waals surface area (Å²) in [7, 11) is 0. The Morgan fingerprint density at radius 3 is 1.60 bits per heavy atom. The lowest BCUT2D eigenvalue weighted by Gasteiger charge is -2.19. The van der Waals surface area contributed by atoms with E-state index in [9.17, 15) is 19.5 Å². The van der Waals surface area contributed by atoms with Gasteiger partial charge in [-0.05, 0) is 59.7 Å². The van der Waals surface area contributed by atoms with Crippen molar-refractivity contribution in [3.8, 4) is 0 Å². The number of hydrogen-bond acceptors (Lipinski definition) is 9. The Kier molecular flexibility index (Phi) is 14.1. The quantitative estimate of drug-likeness (QED) is 0.319. The average Bonchev–Trinajstić information content (AvgIpc) is 2.82. The van der Waals surface area contributed by atoms with Gasteiger partial charge in [-0.3, -0.25) is 0 Å². The van der Waals surface area contributed by atoms with Crippen LogP contribution in [0.3, 0.4) is 0 Å². The van der Waals surface area contributed by atoms with Crippen molar-refractivity contribution in [3.63, 3.8) is 0 Å². The highest BCUT2D eigenvalue weighted by Crippen LogP contribution is 2.17. The normalized spacial score (nSPS) is 14.6. The number of esters is 2. The topological polar surface area (TPSA) is 127 Å². The van der Waals surface area contributed by atoms with E-state index in [0.717, 1.165) is 6.07 Å². The van der Waals surface area contributed by atoms with E-state index in [0.29, 0.717) is 26.4 Å². The van der Waals surface area contributed by atoms with Crippen LogP contribution in [0.2, 0.25) is 0 Å². The standard InChI is InChI=1S/C25H38O10/c1-7-30-12-16(3)32-14-18(5)34-24(28)21-10-9-20(23(26)27)11-22(21)25(29)35-19(6)15-33-17(4)13-31-8-2/h9-11,16-19H,7-8,12-15H2,1-6H3,(H,26,27). The van der Waals surface area contributed by atoms with Gasteiger partial charge in [0.25, 0.3) is 0 Å². The van der Waals surface area contributed by atoms with Crippen LogP contribution in [-0.2, 0) is 28.4 Å². The number of ether oxygens (including phenoxy) is 6. The first-order chi connectivity index (χ1) is 16.6. The maximum Gasteiger partial charge on any atom is 0.339 e. The van der Waals surface area contributed by atoms with Gasteiger partial charge in [0.15, 0.2) is 0 Å². The van der Waals surface area contributed by atoms with E-state index in [1.807, 2.05) is 27.7 Å². The van der Waals surface area contributed by atoms with Crippen molar-refractivity contribution in [3.05, 3.63) is 34.9 Å². The lowest BCUT2D eigenvalue weighted by atomic mass is 10.0. The van der Waals surface area contributed by atoms with Gasteiger partial charge in [-0.15, -0.1) is 0 Å². The Morgan fingerprint density at radius 2 is 1.17 bits per heavy atom. The van der Waals surface area contributed by atoms with Crippen LogP contribution in [0.4, 0.5) is 0 Å². The van der Waals surface area contributed by atoms with Gasteiger partial charge in [0.2, 0.25) is 0 Å². The maximum absolute atomic E-state index is 12.8. The molecule has 0 saturated carbocycles. The molecule has 10 nitrogen and oxygen atoms in total. The number of carbonyl (C=O) groups is 3. The summed E-state index contributed by atoms with van der Waals surface area (Å²) in [4.78, 5) is 37.0. The smallest absolute Gasteiger partial charge is 0.339 e. The minimum absolute atomic E-state index is 0.104. The van der Waals surface area contributed by atoms with E-state index in [1.165, 1.54) is 12.1 Å². The fourth-order valence-corrected chi connectivity index (χ4v) is 2.85. The van der Waals surface area contributed by atoms with Gasteiger partial charge >= 0.3 is 17.9 Å². The Labute approximate surface area is 206 Å². The summed E-state index contributed by atoms with van der Waals surface area (Å²) in [6.07, 6.45) is -1.65. The van der Waals surface area contributed by atoms with Crippen LogP contribution in [0.1, 0.15) is 72.6 Å². The highest BCUT2D eigenvalue weighted by atomic mass is 16.6. The maximum atomic E-state index is 12.8. The number of carboxylic acid groups (broad SMARTS) is 1. The van der Waals surface area contributed by atoms with E-state index in [4.69, 9.17) is 28.4 Å². The lowest BCUT2D eigenvalue weighted by molar-refractivity contribution is -0.0450. The second-order valence-corrected chi connectivity index (χ2v) is 8.10. The van der Waals surface area contributed by atoms with E-state index in [-0.39, 0.29) is 42.1 Å². The summed E-state index contributed by atoms with van der Waals surface area (Å²) in [5.41, 5.74) is -0.474. The molecule has 0 spiro atoms. The van der Waals surface area contributed by atoms with Crippen LogP contribution in [-0.4, -0.2) is 87.1 Å². The monoisotopic (exact) mass is 498 g/mol. The van der Waals surface area contributed by atoms with Crippen molar-refractivity contribution in [2.45, 2.75) is 66.0 Å². The Balaban J connectivity index is 2.85. The van der Waals surface area contributed by atoms with Gasteiger partial charge < -0.3 is 33.5 Å². The van der Waals surface area contributed by atoms with Crippen molar-refractivity contribution in [1.29, 1.82) is 0 Å². The molecule has 1 aromatic carbocycles.